The molecule has 0 bridgehead atoms. The Morgan fingerprint density at radius 1 is 1.12 bits per heavy atom. The summed E-state index contributed by atoms with van der Waals surface area (Å²) in [4.78, 5) is 31.3. The van der Waals surface area contributed by atoms with Gasteiger partial charge in [0.25, 0.3) is 5.91 Å². The van der Waals surface area contributed by atoms with E-state index in [-0.39, 0.29) is 11.7 Å². The van der Waals surface area contributed by atoms with Crippen LogP contribution in [0.3, 0.4) is 0 Å². The van der Waals surface area contributed by atoms with Crippen molar-refractivity contribution >= 4 is 29.0 Å². The number of aromatic nitrogens is 1. The topological polar surface area (TPSA) is 50.3 Å². The van der Waals surface area contributed by atoms with Crippen molar-refractivity contribution in [2.75, 3.05) is 11.4 Å². The number of amides is 1. The van der Waals surface area contributed by atoms with Gasteiger partial charge < -0.3 is 4.90 Å². The van der Waals surface area contributed by atoms with Crippen LogP contribution in [-0.2, 0) is 6.42 Å². The van der Waals surface area contributed by atoms with Crippen LogP contribution in [0.15, 0.2) is 24.3 Å². The number of carbonyl (C=O) groups is 2. The van der Waals surface area contributed by atoms with E-state index in [1.54, 1.807) is 24.8 Å². The molecule has 0 aliphatic carbocycles. The first-order valence-corrected chi connectivity index (χ1v) is 8.86. The van der Waals surface area contributed by atoms with Crippen LogP contribution in [0.25, 0.3) is 0 Å². The number of benzene rings is 1. The number of nitrogens with zero attached hydrogens (tertiary/aromatic N) is 2. The number of hydrogen-bond donors (Lipinski definition) is 0. The van der Waals surface area contributed by atoms with E-state index in [4.69, 9.17) is 11.6 Å². The Balaban J connectivity index is 2.09. The molecule has 25 heavy (non-hydrogen) atoms. The van der Waals surface area contributed by atoms with Crippen LogP contribution in [-0.4, -0.2) is 23.2 Å². The van der Waals surface area contributed by atoms with Crippen molar-refractivity contribution < 1.29 is 9.59 Å². The zero-order valence-electron chi connectivity index (χ0n) is 14.7. The number of halogens is 1. The molecule has 0 radical (unpaired) electrons. The molecule has 0 saturated heterocycles. The second kappa shape index (κ2) is 6.96. The third-order valence-corrected chi connectivity index (χ3v) is 5.06. The number of carbonyl (C=O) groups excluding carboxylic acids is 2. The molecule has 130 valence electrons. The van der Waals surface area contributed by atoms with Crippen LogP contribution in [0.2, 0.25) is 5.02 Å². The Kier molecular flexibility index (Phi) is 4.91. The third-order valence-electron chi connectivity index (χ3n) is 4.70. The van der Waals surface area contributed by atoms with Crippen LogP contribution in [0.5, 0.6) is 0 Å². The number of ketones is 1. The molecule has 1 aromatic heterocycles. The fourth-order valence-electron chi connectivity index (χ4n) is 3.39. The van der Waals surface area contributed by atoms with Crippen LogP contribution >= 0.6 is 11.6 Å². The molecule has 4 nitrogen and oxygen atoms in total. The molecule has 2 heterocycles. The highest BCUT2D eigenvalue weighted by atomic mass is 35.5. The average Bonchev–Trinajstić information content (AvgIpc) is 2.77. The molecular formula is C20H21ClN2O2. The van der Waals surface area contributed by atoms with Crippen molar-refractivity contribution in [1.29, 1.82) is 0 Å². The minimum absolute atomic E-state index is 0.0849. The minimum atomic E-state index is -0.127. The van der Waals surface area contributed by atoms with Gasteiger partial charge in [-0.15, -0.1) is 0 Å². The second-order valence-electron chi connectivity index (χ2n) is 6.46. The first kappa shape index (κ1) is 17.6. The van der Waals surface area contributed by atoms with Crippen LogP contribution in [0.4, 0.5) is 5.69 Å². The van der Waals surface area contributed by atoms with Crippen molar-refractivity contribution in [1.82, 2.24) is 4.98 Å². The van der Waals surface area contributed by atoms with Crippen molar-refractivity contribution in [3.63, 3.8) is 0 Å². The lowest BCUT2D eigenvalue weighted by Gasteiger charge is -2.24. The first-order chi connectivity index (χ1) is 11.9. The number of pyridine rings is 1. The summed E-state index contributed by atoms with van der Waals surface area (Å²) >= 11 is 6.35. The molecular weight excluding hydrogens is 336 g/mol. The maximum absolute atomic E-state index is 13.3. The van der Waals surface area contributed by atoms with E-state index in [2.05, 4.69) is 4.98 Å². The molecule has 2 aromatic rings. The molecule has 0 atom stereocenters. The van der Waals surface area contributed by atoms with Crippen molar-refractivity contribution in [2.45, 2.75) is 40.0 Å². The van der Waals surface area contributed by atoms with E-state index in [0.29, 0.717) is 34.1 Å². The zero-order chi connectivity index (χ0) is 18.1. The first-order valence-electron chi connectivity index (χ1n) is 8.48. The zero-order valence-corrected chi connectivity index (χ0v) is 15.5. The summed E-state index contributed by atoms with van der Waals surface area (Å²) in [6.07, 6.45) is 2.77. The minimum Gasteiger partial charge on any atom is -0.308 e. The maximum atomic E-state index is 13.3. The van der Waals surface area contributed by atoms with Gasteiger partial charge in [-0.25, -0.2) is 0 Å². The SMILES string of the molecule is CC(=O)c1cc(C(=O)N2CCCCc3c(Cl)cccc32)c(C)nc1C. The molecule has 1 aliphatic heterocycles. The summed E-state index contributed by atoms with van der Waals surface area (Å²) in [5, 5.41) is 0.695. The molecule has 1 aromatic carbocycles. The predicted octanol–water partition coefficient (Wildman–Crippen LogP) is 4.54. The number of fused-ring (bicyclic) bond motifs is 1. The quantitative estimate of drug-likeness (QED) is 0.742. The van der Waals surface area contributed by atoms with E-state index in [9.17, 15) is 9.59 Å². The Bertz CT molecular complexity index is 861. The van der Waals surface area contributed by atoms with Gasteiger partial charge in [0.15, 0.2) is 5.78 Å². The normalized spacial score (nSPS) is 14.0. The van der Waals surface area contributed by atoms with E-state index in [1.165, 1.54) is 6.92 Å². The van der Waals surface area contributed by atoms with Crippen molar-refractivity contribution in [3.8, 4) is 0 Å². The summed E-state index contributed by atoms with van der Waals surface area (Å²) < 4.78 is 0. The highest BCUT2D eigenvalue weighted by molar-refractivity contribution is 6.32. The number of anilines is 1. The predicted molar refractivity (Wildman–Crippen MR) is 99.8 cm³/mol. The highest BCUT2D eigenvalue weighted by Crippen LogP contribution is 2.33. The van der Waals surface area contributed by atoms with Gasteiger partial charge in [-0.1, -0.05) is 17.7 Å². The van der Waals surface area contributed by atoms with E-state index in [0.717, 1.165) is 30.5 Å². The summed E-state index contributed by atoms with van der Waals surface area (Å²) in [5.74, 6) is -0.212. The molecule has 1 aliphatic rings. The van der Waals surface area contributed by atoms with Crippen molar-refractivity contribution in [3.05, 3.63) is 57.4 Å². The van der Waals surface area contributed by atoms with Gasteiger partial charge in [-0.05, 0) is 63.8 Å². The fraction of sp³-hybridized carbons (Fsp3) is 0.350. The van der Waals surface area contributed by atoms with Crippen LogP contribution < -0.4 is 4.90 Å². The molecule has 1 amide bonds. The van der Waals surface area contributed by atoms with Crippen LogP contribution in [0, 0.1) is 13.8 Å². The van der Waals surface area contributed by atoms with Crippen LogP contribution in [0.1, 0.15) is 57.4 Å². The van der Waals surface area contributed by atoms with Gasteiger partial charge in [0.05, 0.1) is 11.3 Å². The Morgan fingerprint density at radius 3 is 2.56 bits per heavy atom. The number of Topliss-reactive ketones (excluding diaryl/α,β-unsaturated/α-hetero) is 1. The molecule has 3 rings (SSSR count). The summed E-state index contributed by atoms with van der Waals surface area (Å²) in [7, 11) is 0. The smallest absolute Gasteiger partial charge is 0.260 e. The lowest BCUT2D eigenvalue weighted by atomic mass is 10.0. The van der Waals surface area contributed by atoms with Crippen molar-refractivity contribution in [2.24, 2.45) is 0 Å². The van der Waals surface area contributed by atoms with Gasteiger partial charge in [0.1, 0.15) is 0 Å². The molecule has 0 N–H and O–H groups in total. The standard InChI is InChI=1S/C20H21ClN2O2/c1-12-16(14(3)24)11-17(13(2)22-12)20(25)23-10-5-4-7-15-18(21)8-6-9-19(15)23/h6,8-9,11H,4-5,7,10H2,1-3H3. The Labute approximate surface area is 152 Å². The fourth-order valence-corrected chi connectivity index (χ4v) is 3.66. The molecule has 0 unspecified atom stereocenters. The number of aryl methyl sites for hydroxylation is 2. The molecule has 5 heteroatoms. The largest absolute Gasteiger partial charge is 0.308 e. The van der Waals surface area contributed by atoms with Gasteiger partial charge in [0, 0.05) is 28.5 Å². The van der Waals surface area contributed by atoms with E-state index in [1.807, 2.05) is 18.2 Å². The number of rotatable bonds is 2. The molecule has 0 saturated carbocycles. The number of hydrogen-bond acceptors (Lipinski definition) is 3. The summed E-state index contributed by atoms with van der Waals surface area (Å²) in [6, 6.07) is 7.35. The average molecular weight is 357 g/mol. The van der Waals surface area contributed by atoms with E-state index >= 15 is 0 Å². The third kappa shape index (κ3) is 3.31. The highest BCUT2D eigenvalue weighted by Gasteiger charge is 2.26. The summed E-state index contributed by atoms with van der Waals surface area (Å²) in [5.41, 5.74) is 4.14. The maximum Gasteiger partial charge on any atom is 0.260 e. The molecule has 0 fully saturated rings. The Hall–Kier alpha value is -2.20. The second-order valence-corrected chi connectivity index (χ2v) is 6.87. The lowest BCUT2D eigenvalue weighted by molar-refractivity contribution is 0.0986. The summed E-state index contributed by atoms with van der Waals surface area (Å²) in [6.45, 7) is 5.73. The Morgan fingerprint density at radius 2 is 1.84 bits per heavy atom. The van der Waals surface area contributed by atoms with Gasteiger partial charge >= 0.3 is 0 Å². The van der Waals surface area contributed by atoms with E-state index < -0.39 is 0 Å². The van der Waals surface area contributed by atoms with Gasteiger partial charge in [-0.3, -0.25) is 14.6 Å². The lowest BCUT2D eigenvalue weighted by Crippen LogP contribution is -2.32. The monoisotopic (exact) mass is 356 g/mol. The van der Waals surface area contributed by atoms with Gasteiger partial charge in [-0.2, -0.15) is 0 Å². The van der Waals surface area contributed by atoms with Gasteiger partial charge in [0.2, 0.25) is 0 Å². The molecule has 0 spiro atoms.